The maximum atomic E-state index is 11.0. The number of benzene rings is 1. The zero-order chi connectivity index (χ0) is 10.1. The molecule has 0 amide bonds. The lowest BCUT2D eigenvalue weighted by Gasteiger charge is -2.15. The largest absolute Gasteiger partial charge is 0.245 e. The zero-order valence-electron chi connectivity index (χ0n) is 6.94. The molecule has 6 heteroatoms. The molecule has 1 rings (SSSR count). The number of halogens is 1. The third-order valence-electron chi connectivity index (χ3n) is 1.44. The maximum absolute atomic E-state index is 11.0. The monoisotopic (exact) mass is 220 g/mol. The molecule has 0 aliphatic carbocycles. The van der Waals surface area contributed by atoms with Gasteiger partial charge in [0.1, 0.15) is 0 Å². The standard InChI is InChI=1S/C7H9ClN2O2S/c1-13(11,12)10(9)7-4-2-6(8)3-5-7/h2-5H,9H2,1H3. The van der Waals surface area contributed by atoms with Crippen molar-refractivity contribution in [2.75, 3.05) is 10.7 Å². The second kappa shape index (κ2) is 3.53. The van der Waals surface area contributed by atoms with E-state index >= 15 is 0 Å². The van der Waals surface area contributed by atoms with Gasteiger partial charge in [0.2, 0.25) is 10.0 Å². The predicted octanol–water partition coefficient (Wildman–Crippen LogP) is 0.980. The summed E-state index contributed by atoms with van der Waals surface area (Å²) in [6.07, 6.45) is 1.03. The lowest BCUT2D eigenvalue weighted by molar-refractivity contribution is 0.598. The molecule has 0 bridgehead atoms. The molecule has 0 heterocycles. The normalized spacial score (nSPS) is 11.3. The lowest BCUT2D eigenvalue weighted by atomic mass is 10.3. The van der Waals surface area contributed by atoms with Gasteiger partial charge in [0.15, 0.2) is 0 Å². The Bertz CT molecular complexity index is 387. The second-order valence-electron chi connectivity index (χ2n) is 2.54. The van der Waals surface area contributed by atoms with Crippen molar-refractivity contribution >= 4 is 27.3 Å². The highest BCUT2D eigenvalue weighted by Crippen LogP contribution is 2.17. The topological polar surface area (TPSA) is 63.4 Å². The van der Waals surface area contributed by atoms with Crippen LogP contribution in [-0.2, 0) is 10.0 Å². The molecule has 0 aliphatic heterocycles. The second-order valence-corrected chi connectivity index (χ2v) is 4.83. The van der Waals surface area contributed by atoms with Crippen molar-refractivity contribution in [2.45, 2.75) is 0 Å². The summed E-state index contributed by atoms with van der Waals surface area (Å²) in [5.41, 5.74) is 0.381. The summed E-state index contributed by atoms with van der Waals surface area (Å²) in [5, 5.41) is 0.533. The minimum absolute atomic E-state index is 0.381. The summed E-state index contributed by atoms with van der Waals surface area (Å²) in [6.45, 7) is 0. The molecule has 0 fully saturated rings. The molecule has 0 saturated heterocycles. The Balaban J connectivity index is 3.04. The minimum Gasteiger partial charge on any atom is -0.233 e. The molecule has 72 valence electrons. The van der Waals surface area contributed by atoms with E-state index in [9.17, 15) is 8.42 Å². The quantitative estimate of drug-likeness (QED) is 0.597. The molecule has 0 unspecified atom stereocenters. The van der Waals surface area contributed by atoms with Crippen molar-refractivity contribution in [3.63, 3.8) is 0 Å². The van der Waals surface area contributed by atoms with Gasteiger partial charge in [-0.2, -0.15) is 0 Å². The van der Waals surface area contributed by atoms with Crippen molar-refractivity contribution in [1.29, 1.82) is 0 Å². The van der Waals surface area contributed by atoms with Crippen molar-refractivity contribution in [3.05, 3.63) is 29.3 Å². The number of sulfonamides is 1. The van der Waals surface area contributed by atoms with E-state index in [4.69, 9.17) is 17.4 Å². The third-order valence-corrected chi connectivity index (χ3v) is 2.62. The third kappa shape index (κ3) is 2.58. The average molecular weight is 221 g/mol. The Hall–Kier alpha value is -0.780. The van der Waals surface area contributed by atoms with Gasteiger partial charge in [0.25, 0.3) is 0 Å². The number of rotatable bonds is 2. The zero-order valence-corrected chi connectivity index (χ0v) is 8.51. The summed E-state index contributed by atoms with van der Waals surface area (Å²) in [5.74, 6) is 5.32. The summed E-state index contributed by atoms with van der Waals surface area (Å²) in [7, 11) is -3.40. The van der Waals surface area contributed by atoms with Crippen LogP contribution in [0.5, 0.6) is 0 Å². The van der Waals surface area contributed by atoms with Crippen molar-refractivity contribution < 1.29 is 8.42 Å². The molecule has 2 N–H and O–H groups in total. The Labute approximate surface area is 81.9 Å². The van der Waals surface area contributed by atoms with Crippen LogP contribution >= 0.6 is 11.6 Å². The van der Waals surface area contributed by atoms with Crippen LogP contribution < -0.4 is 10.3 Å². The number of nitrogens with two attached hydrogens (primary N) is 1. The molecule has 0 spiro atoms. The number of nitrogens with zero attached hydrogens (tertiary/aromatic N) is 1. The van der Waals surface area contributed by atoms with Gasteiger partial charge >= 0.3 is 0 Å². The molecule has 0 aromatic heterocycles. The molecule has 0 aliphatic rings. The van der Waals surface area contributed by atoms with E-state index in [1.165, 1.54) is 12.1 Å². The molecule has 0 saturated carbocycles. The van der Waals surface area contributed by atoms with Crippen LogP contribution in [0.25, 0.3) is 0 Å². The summed E-state index contributed by atoms with van der Waals surface area (Å²) in [4.78, 5) is 0. The highest BCUT2D eigenvalue weighted by Gasteiger charge is 2.11. The highest BCUT2D eigenvalue weighted by molar-refractivity contribution is 7.92. The molecule has 1 aromatic carbocycles. The van der Waals surface area contributed by atoms with Crippen LogP contribution in [0, 0.1) is 0 Å². The summed E-state index contributed by atoms with van der Waals surface area (Å²) in [6, 6.07) is 6.20. The SMILES string of the molecule is CS(=O)(=O)N(N)c1ccc(Cl)cc1. The predicted molar refractivity (Wildman–Crippen MR) is 53.0 cm³/mol. The highest BCUT2D eigenvalue weighted by atomic mass is 35.5. The first-order valence-electron chi connectivity index (χ1n) is 3.42. The Morgan fingerprint density at radius 3 is 2.15 bits per heavy atom. The molecular formula is C7H9ClN2O2S. The van der Waals surface area contributed by atoms with Crippen LogP contribution in [0.3, 0.4) is 0 Å². The van der Waals surface area contributed by atoms with Gasteiger partial charge in [-0.3, -0.25) is 0 Å². The summed E-state index contributed by atoms with van der Waals surface area (Å²) >= 11 is 5.62. The molecule has 13 heavy (non-hydrogen) atoms. The van der Waals surface area contributed by atoms with Crippen LogP contribution in [-0.4, -0.2) is 14.7 Å². The van der Waals surface area contributed by atoms with Crippen LogP contribution in [0.2, 0.25) is 5.02 Å². The first kappa shape index (κ1) is 10.3. The van der Waals surface area contributed by atoms with Gasteiger partial charge in [0.05, 0.1) is 11.9 Å². The molecule has 0 atom stereocenters. The molecular weight excluding hydrogens is 212 g/mol. The summed E-state index contributed by atoms with van der Waals surface area (Å²) < 4.78 is 22.7. The van der Waals surface area contributed by atoms with E-state index in [0.29, 0.717) is 15.1 Å². The van der Waals surface area contributed by atoms with Crippen molar-refractivity contribution in [2.24, 2.45) is 5.84 Å². The first-order valence-corrected chi connectivity index (χ1v) is 5.64. The van der Waals surface area contributed by atoms with Gasteiger partial charge < -0.3 is 0 Å². The minimum atomic E-state index is -3.40. The number of hydrogen-bond donors (Lipinski definition) is 1. The number of anilines is 1. The van der Waals surface area contributed by atoms with E-state index in [0.717, 1.165) is 6.26 Å². The van der Waals surface area contributed by atoms with Crippen molar-refractivity contribution in [3.8, 4) is 0 Å². The first-order chi connectivity index (χ1) is 5.91. The Morgan fingerprint density at radius 2 is 1.77 bits per heavy atom. The van der Waals surface area contributed by atoms with Crippen LogP contribution in [0.1, 0.15) is 0 Å². The average Bonchev–Trinajstić information content (AvgIpc) is 2.03. The van der Waals surface area contributed by atoms with Gasteiger partial charge in [-0.1, -0.05) is 11.6 Å². The number of hydrogen-bond acceptors (Lipinski definition) is 3. The fourth-order valence-corrected chi connectivity index (χ4v) is 1.41. The van der Waals surface area contributed by atoms with E-state index in [-0.39, 0.29) is 0 Å². The van der Waals surface area contributed by atoms with Gasteiger partial charge in [0, 0.05) is 5.02 Å². The fourth-order valence-electron chi connectivity index (χ4n) is 0.779. The van der Waals surface area contributed by atoms with E-state index in [1.54, 1.807) is 12.1 Å². The molecule has 4 nitrogen and oxygen atoms in total. The fraction of sp³-hybridized carbons (Fsp3) is 0.143. The van der Waals surface area contributed by atoms with Crippen LogP contribution in [0.15, 0.2) is 24.3 Å². The number of hydrazine groups is 1. The van der Waals surface area contributed by atoms with Crippen molar-refractivity contribution in [1.82, 2.24) is 0 Å². The molecule has 0 radical (unpaired) electrons. The van der Waals surface area contributed by atoms with Gasteiger partial charge in [-0.05, 0) is 24.3 Å². The van der Waals surface area contributed by atoms with Gasteiger partial charge in [-0.25, -0.2) is 18.7 Å². The molecule has 1 aromatic rings. The van der Waals surface area contributed by atoms with Gasteiger partial charge in [-0.15, -0.1) is 0 Å². The van der Waals surface area contributed by atoms with E-state index in [2.05, 4.69) is 0 Å². The maximum Gasteiger partial charge on any atom is 0.245 e. The lowest BCUT2D eigenvalue weighted by Crippen LogP contribution is -2.36. The smallest absolute Gasteiger partial charge is 0.233 e. The van der Waals surface area contributed by atoms with E-state index in [1.807, 2.05) is 0 Å². The van der Waals surface area contributed by atoms with Crippen LogP contribution in [0.4, 0.5) is 5.69 Å². The van der Waals surface area contributed by atoms with E-state index < -0.39 is 10.0 Å². The Kier molecular flexibility index (Phi) is 2.80. The Morgan fingerprint density at radius 1 is 1.31 bits per heavy atom.